The van der Waals surface area contributed by atoms with Crippen molar-refractivity contribution in [3.8, 4) is 0 Å². The predicted molar refractivity (Wildman–Crippen MR) is 60.8 cm³/mol. The molecule has 1 rings (SSSR count). The Labute approximate surface area is 95.5 Å². The molecular formula is C10H18ClN3O. The van der Waals surface area contributed by atoms with Crippen molar-refractivity contribution in [2.45, 2.75) is 25.9 Å². The van der Waals surface area contributed by atoms with Crippen LogP contribution >= 0.6 is 11.6 Å². The first-order valence-corrected chi connectivity index (χ1v) is 5.24. The molecule has 1 heterocycles. The molecule has 1 aromatic rings. The van der Waals surface area contributed by atoms with Gasteiger partial charge in [-0.25, -0.2) is 4.98 Å². The Morgan fingerprint density at radius 1 is 1.60 bits per heavy atom. The van der Waals surface area contributed by atoms with Crippen molar-refractivity contribution >= 4 is 11.6 Å². The van der Waals surface area contributed by atoms with Crippen molar-refractivity contribution in [3.63, 3.8) is 0 Å². The lowest BCUT2D eigenvalue weighted by Gasteiger charge is -2.33. The molecule has 0 saturated carbocycles. The number of halogens is 1. The lowest BCUT2D eigenvalue weighted by Crippen LogP contribution is -2.44. The van der Waals surface area contributed by atoms with E-state index in [4.69, 9.17) is 11.6 Å². The van der Waals surface area contributed by atoms with E-state index in [-0.39, 0.29) is 12.1 Å². The fourth-order valence-corrected chi connectivity index (χ4v) is 1.26. The second kappa shape index (κ2) is 4.51. The molecule has 0 fully saturated rings. The Kier molecular flexibility index (Phi) is 3.76. The molecule has 0 aliphatic carbocycles. The number of aliphatic hydroxyl groups is 1. The van der Waals surface area contributed by atoms with E-state index in [1.807, 2.05) is 37.4 Å². The highest BCUT2D eigenvalue weighted by Gasteiger charge is 2.23. The van der Waals surface area contributed by atoms with E-state index in [0.717, 1.165) is 5.82 Å². The first-order chi connectivity index (χ1) is 6.88. The fourth-order valence-electron chi connectivity index (χ4n) is 1.12. The van der Waals surface area contributed by atoms with E-state index >= 15 is 0 Å². The van der Waals surface area contributed by atoms with Crippen LogP contribution in [0.4, 0.5) is 0 Å². The Hall–Kier alpha value is -0.580. The summed E-state index contributed by atoms with van der Waals surface area (Å²) >= 11 is 5.89. The number of aromatic nitrogens is 2. The third-order valence-corrected chi connectivity index (χ3v) is 3.18. The van der Waals surface area contributed by atoms with Gasteiger partial charge in [0.25, 0.3) is 0 Å². The van der Waals surface area contributed by atoms with Gasteiger partial charge in [0.15, 0.2) is 0 Å². The molecule has 0 saturated heterocycles. The molecule has 86 valence electrons. The summed E-state index contributed by atoms with van der Waals surface area (Å²) in [7, 11) is 3.84. The molecule has 0 aromatic carbocycles. The Bertz CT molecular complexity index is 335. The van der Waals surface area contributed by atoms with Crippen LogP contribution in [0, 0.1) is 0 Å². The maximum absolute atomic E-state index is 9.22. The molecular weight excluding hydrogens is 214 g/mol. The maximum atomic E-state index is 9.22. The van der Waals surface area contributed by atoms with Gasteiger partial charge >= 0.3 is 0 Å². The van der Waals surface area contributed by atoms with Gasteiger partial charge < -0.3 is 9.67 Å². The largest absolute Gasteiger partial charge is 0.394 e. The molecule has 0 unspecified atom stereocenters. The molecule has 0 spiro atoms. The molecule has 0 aliphatic heterocycles. The fraction of sp³-hybridized carbons (Fsp3) is 0.700. The van der Waals surface area contributed by atoms with Crippen molar-refractivity contribution in [2.24, 2.45) is 7.05 Å². The van der Waals surface area contributed by atoms with Crippen LogP contribution in [0.2, 0.25) is 5.15 Å². The third kappa shape index (κ3) is 2.71. The Morgan fingerprint density at radius 2 is 2.20 bits per heavy atom. The van der Waals surface area contributed by atoms with Crippen LogP contribution in [0.15, 0.2) is 6.20 Å². The lowest BCUT2D eigenvalue weighted by atomic mass is 10.1. The average Bonchev–Trinajstić information content (AvgIpc) is 2.49. The van der Waals surface area contributed by atoms with Gasteiger partial charge in [0, 0.05) is 12.6 Å². The number of hydrogen-bond acceptors (Lipinski definition) is 3. The van der Waals surface area contributed by atoms with Gasteiger partial charge in [-0.05, 0) is 20.9 Å². The molecule has 0 radical (unpaired) electrons. The SMILES string of the molecule is CN(Cc1ncc(Cl)n1C)C(C)(C)CO. The summed E-state index contributed by atoms with van der Waals surface area (Å²) in [6.45, 7) is 4.74. The highest BCUT2D eigenvalue weighted by atomic mass is 35.5. The summed E-state index contributed by atoms with van der Waals surface area (Å²) in [6, 6.07) is 0. The van der Waals surface area contributed by atoms with E-state index in [0.29, 0.717) is 11.7 Å². The highest BCUT2D eigenvalue weighted by molar-refractivity contribution is 6.29. The predicted octanol–water partition coefficient (Wildman–Crippen LogP) is 1.28. The second-order valence-corrected chi connectivity index (χ2v) is 4.77. The minimum absolute atomic E-state index is 0.113. The number of nitrogens with zero attached hydrogens (tertiary/aromatic N) is 3. The standard InChI is InChI=1S/C10H18ClN3O/c1-10(2,7-15)13(3)6-9-12-5-8(11)14(9)4/h5,15H,6-7H2,1-4H3. The number of imidazole rings is 1. The summed E-state index contributed by atoms with van der Waals surface area (Å²) in [5, 5.41) is 9.85. The van der Waals surface area contributed by atoms with Crippen LogP contribution in [-0.4, -0.2) is 38.8 Å². The molecule has 0 aliphatic rings. The molecule has 15 heavy (non-hydrogen) atoms. The summed E-state index contributed by atoms with van der Waals surface area (Å²) in [4.78, 5) is 6.26. The zero-order valence-electron chi connectivity index (χ0n) is 9.66. The average molecular weight is 232 g/mol. The van der Waals surface area contributed by atoms with Crippen molar-refractivity contribution in [2.75, 3.05) is 13.7 Å². The molecule has 4 nitrogen and oxygen atoms in total. The van der Waals surface area contributed by atoms with Crippen LogP contribution in [-0.2, 0) is 13.6 Å². The van der Waals surface area contributed by atoms with Gasteiger partial charge in [-0.2, -0.15) is 0 Å². The van der Waals surface area contributed by atoms with Gasteiger partial charge in [0.05, 0.1) is 19.3 Å². The minimum atomic E-state index is -0.252. The monoisotopic (exact) mass is 231 g/mol. The van der Waals surface area contributed by atoms with Crippen molar-refractivity contribution < 1.29 is 5.11 Å². The quantitative estimate of drug-likeness (QED) is 0.849. The summed E-state index contributed by atoms with van der Waals surface area (Å²) in [6.07, 6.45) is 1.64. The molecule has 0 atom stereocenters. The van der Waals surface area contributed by atoms with Gasteiger partial charge in [-0.15, -0.1) is 0 Å². The smallest absolute Gasteiger partial charge is 0.128 e. The highest BCUT2D eigenvalue weighted by Crippen LogP contribution is 2.16. The lowest BCUT2D eigenvalue weighted by molar-refractivity contribution is 0.0708. The van der Waals surface area contributed by atoms with Crippen LogP contribution in [0.1, 0.15) is 19.7 Å². The van der Waals surface area contributed by atoms with Gasteiger partial charge in [-0.1, -0.05) is 11.6 Å². The van der Waals surface area contributed by atoms with Crippen molar-refractivity contribution in [1.29, 1.82) is 0 Å². The van der Waals surface area contributed by atoms with E-state index in [1.54, 1.807) is 6.20 Å². The van der Waals surface area contributed by atoms with Gasteiger partial charge in [0.1, 0.15) is 11.0 Å². The molecule has 0 bridgehead atoms. The minimum Gasteiger partial charge on any atom is -0.394 e. The maximum Gasteiger partial charge on any atom is 0.128 e. The number of rotatable bonds is 4. The zero-order chi connectivity index (χ0) is 11.6. The summed E-state index contributed by atoms with van der Waals surface area (Å²) in [5.74, 6) is 0.893. The van der Waals surface area contributed by atoms with Crippen LogP contribution < -0.4 is 0 Å². The number of hydrogen-bond donors (Lipinski definition) is 1. The first-order valence-electron chi connectivity index (χ1n) is 4.86. The molecule has 1 aromatic heterocycles. The van der Waals surface area contributed by atoms with E-state index in [9.17, 15) is 5.11 Å². The van der Waals surface area contributed by atoms with Crippen molar-refractivity contribution in [1.82, 2.24) is 14.5 Å². The van der Waals surface area contributed by atoms with Crippen LogP contribution in [0.3, 0.4) is 0 Å². The second-order valence-electron chi connectivity index (χ2n) is 4.38. The topological polar surface area (TPSA) is 41.3 Å². The van der Waals surface area contributed by atoms with Gasteiger partial charge in [0.2, 0.25) is 0 Å². The van der Waals surface area contributed by atoms with Crippen molar-refractivity contribution in [3.05, 3.63) is 17.2 Å². The normalized spacial score (nSPS) is 12.5. The first kappa shape index (κ1) is 12.5. The molecule has 5 heteroatoms. The van der Waals surface area contributed by atoms with E-state index < -0.39 is 0 Å². The number of aliphatic hydroxyl groups excluding tert-OH is 1. The van der Waals surface area contributed by atoms with Crippen LogP contribution in [0.25, 0.3) is 0 Å². The molecule has 1 N–H and O–H groups in total. The summed E-state index contributed by atoms with van der Waals surface area (Å²) in [5.41, 5.74) is -0.252. The Balaban J connectivity index is 2.74. The number of likely N-dealkylation sites (N-methyl/N-ethyl adjacent to an activating group) is 1. The van der Waals surface area contributed by atoms with E-state index in [1.165, 1.54) is 0 Å². The van der Waals surface area contributed by atoms with Gasteiger partial charge in [-0.3, -0.25) is 4.90 Å². The zero-order valence-corrected chi connectivity index (χ0v) is 10.4. The molecule has 0 amide bonds. The summed E-state index contributed by atoms with van der Waals surface area (Å²) < 4.78 is 1.84. The third-order valence-electron chi connectivity index (χ3n) is 2.83. The van der Waals surface area contributed by atoms with E-state index in [2.05, 4.69) is 4.98 Å². The van der Waals surface area contributed by atoms with Crippen LogP contribution in [0.5, 0.6) is 0 Å². The Morgan fingerprint density at radius 3 is 2.60 bits per heavy atom.